The van der Waals surface area contributed by atoms with Gasteiger partial charge in [-0.3, -0.25) is 9.78 Å². The van der Waals surface area contributed by atoms with Gasteiger partial charge >= 0.3 is 5.97 Å². The van der Waals surface area contributed by atoms with E-state index in [2.05, 4.69) is 30.3 Å². The lowest BCUT2D eigenvalue weighted by molar-refractivity contribution is 0.0600. The number of nitrogens with zero attached hydrogens (tertiary/aromatic N) is 3. The number of nitrogens with one attached hydrogen (secondary N) is 2. The van der Waals surface area contributed by atoms with Gasteiger partial charge in [0.2, 0.25) is 5.95 Å². The maximum absolute atomic E-state index is 12.3. The summed E-state index contributed by atoms with van der Waals surface area (Å²) in [7, 11) is 1.31. The van der Waals surface area contributed by atoms with Crippen LogP contribution < -0.4 is 10.6 Å². The number of hydrogen-bond donors (Lipinski definition) is 2. The van der Waals surface area contributed by atoms with Crippen LogP contribution in [0.3, 0.4) is 0 Å². The number of carbonyl (C=O) groups is 2. The fourth-order valence-electron chi connectivity index (χ4n) is 2.22. The first-order valence-corrected chi connectivity index (χ1v) is 8.11. The second-order valence-electron chi connectivity index (χ2n) is 5.49. The predicted molar refractivity (Wildman–Crippen MR) is 99.3 cm³/mol. The van der Waals surface area contributed by atoms with E-state index in [0.717, 1.165) is 5.69 Å². The summed E-state index contributed by atoms with van der Waals surface area (Å²) in [4.78, 5) is 36.1. The Labute approximate surface area is 155 Å². The van der Waals surface area contributed by atoms with Crippen LogP contribution in [-0.2, 0) is 11.3 Å². The zero-order valence-corrected chi connectivity index (χ0v) is 14.5. The number of hydrogen-bond acceptors (Lipinski definition) is 7. The normalized spacial score (nSPS) is 10.1. The van der Waals surface area contributed by atoms with Crippen molar-refractivity contribution >= 4 is 23.5 Å². The summed E-state index contributed by atoms with van der Waals surface area (Å²) < 4.78 is 4.63. The lowest BCUT2D eigenvalue weighted by Crippen LogP contribution is -2.13. The van der Waals surface area contributed by atoms with E-state index in [1.807, 2.05) is 18.2 Å². The molecule has 0 unspecified atom stereocenters. The average Bonchev–Trinajstić information content (AvgIpc) is 2.73. The van der Waals surface area contributed by atoms with Crippen molar-refractivity contribution in [1.82, 2.24) is 15.0 Å². The molecule has 0 saturated heterocycles. The Morgan fingerprint density at radius 2 is 1.70 bits per heavy atom. The van der Waals surface area contributed by atoms with Gasteiger partial charge in [0.25, 0.3) is 5.91 Å². The minimum absolute atomic E-state index is 0.315. The van der Waals surface area contributed by atoms with Crippen LogP contribution in [0.5, 0.6) is 0 Å². The summed E-state index contributed by atoms with van der Waals surface area (Å²) >= 11 is 0. The Morgan fingerprint density at radius 3 is 2.33 bits per heavy atom. The third-order valence-corrected chi connectivity index (χ3v) is 3.63. The molecule has 0 aliphatic heterocycles. The lowest BCUT2D eigenvalue weighted by Gasteiger charge is -2.07. The maximum Gasteiger partial charge on any atom is 0.337 e. The van der Waals surface area contributed by atoms with Crippen LogP contribution in [0.2, 0.25) is 0 Å². The lowest BCUT2D eigenvalue weighted by atomic mass is 10.2. The zero-order valence-electron chi connectivity index (χ0n) is 14.5. The number of methoxy groups -OCH3 is 1. The minimum atomic E-state index is -0.435. The summed E-state index contributed by atoms with van der Waals surface area (Å²) in [6, 6.07) is 12.0. The number of esters is 1. The SMILES string of the molecule is COC(=O)c1ccc(NC(=O)c2cnc(NCc3ccccn3)nc2)cc1. The third-order valence-electron chi connectivity index (χ3n) is 3.63. The van der Waals surface area contributed by atoms with Gasteiger partial charge in [-0.25, -0.2) is 14.8 Å². The van der Waals surface area contributed by atoms with Crippen molar-refractivity contribution in [2.45, 2.75) is 6.54 Å². The molecule has 8 nitrogen and oxygen atoms in total. The molecule has 0 saturated carbocycles. The molecule has 3 aromatic rings. The van der Waals surface area contributed by atoms with Gasteiger partial charge in [-0.15, -0.1) is 0 Å². The number of benzene rings is 1. The first-order chi connectivity index (χ1) is 13.2. The van der Waals surface area contributed by atoms with E-state index < -0.39 is 5.97 Å². The van der Waals surface area contributed by atoms with E-state index in [9.17, 15) is 9.59 Å². The Morgan fingerprint density at radius 1 is 0.963 bits per heavy atom. The summed E-state index contributed by atoms with van der Waals surface area (Å²) in [6.45, 7) is 0.485. The number of amides is 1. The smallest absolute Gasteiger partial charge is 0.337 e. The van der Waals surface area contributed by atoms with Gasteiger partial charge in [0, 0.05) is 24.3 Å². The van der Waals surface area contributed by atoms with Crippen LogP contribution >= 0.6 is 0 Å². The van der Waals surface area contributed by atoms with Crippen LogP contribution in [0.4, 0.5) is 11.6 Å². The molecule has 8 heteroatoms. The molecule has 3 rings (SSSR count). The number of anilines is 2. The standard InChI is InChI=1S/C19H17N5O3/c1-27-18(26)13-5-7-15(8-6-13)24-17(25)14-10-21-19(22-11-14)23-12-16-4-2-3-9-20-16/h2-11H,12H2,1H3,(H,24,25)(H,21,22,23). The van der Waals surface area contributed by atoms with Crippen LogP contribution in [0.15, 0.2) is 61.1 Å². The van der Waals surface area contributed by atoms with Gasteiger partial charge < -0.3 is 15.4 Å². The Balaban J connectivity index is 1.58. The van der Waals surface area contributed by atoms with Gasteiger partial charge in [-0.2, -0.15) is 0 Å². The number of pyridine rings is 1. The van der Waals surface area contributed by atoms with E-state index in [-0.39, 0.29) is 5.91 Å². The topological polar surface area (TPSA) is 106 Å². The molecule has 0 spiro atoms. The highest BCUT2D eigenvalue weighted by atomic mass is 16.5. The van der Waals surface area contributed by atoms with E-state index in [4.69, 9.17) is 0 Å². The van der Waals surface area contributed by atoms with Crippen molar-refractivity contribution in [1.29, 1.82) is 0 Å². The molecule has 0 fully saturated rings. The Kier molecular flexibility index (Phi) is 5.68. The van der Waals surface area contributed by atoms with E-state index in [0.29, 0.717) is 29.3 Å². The molecule has 0 bridgehead atoms. The van der Waals surface area contributed by atoms with Crippen molar-refractivity contribution in [3.63, 3.8) is 0 Å². The van der Waals surface area contributed by atoms with Crippen molar-refractivity contribution in [3.8, 4) is 0 Å². The Hall–Kier alpha value is -3.81. The first-order valence-electron chi connectivity index (χ1n) is 8.11. The molecule has 0 radical (unpaired) electrons. The number of aromatic nitrogens is 3. The van der Waals surface area contributed by atoms with E-state index >= 15 is 0 Å². The van der Waals surface area contributed by atoms with E-state index in [1.165, 1.54) is 19.5 Å². The summed E-state index contributed by atoms with van der Waals surface area (Å²) in [6.07, 6.45) is 4.58. The van der Waals surface area contributed by atoms with Crippen LogP contribution in [0, 0.1) is 0 Å². The molecule has 0 aliphatic carbocycles. The molecule has 2 heterocycles. The minimum Gasteiger partial charge on any atom is -0.465 e. The molecule has 0 aliphatic rings. The molecular formula is C19H17N5O3. The molecule has 136 valence electrons. The first kappa shape index (κ1) is 18.0. The quantitative estimate of drug-likeness (QED) is 0.648. The number of rotatable bonds is 6. The van der Waals surface area contributed by atoms with Crippen molar-refractivity contribution < 1.29 is 14.3 Å². The summed E-state index contributed by atoms with van der Waals surface area (Å²) in [5, 5.41) is 5.76. The van der Waals surface area contributed by atoms with Crippen LogP contribution in [-0.4, -0.2) is 33.9 Å². The van der Waals surface area contributed by atoms with Crippen molar-refractivity contribution in [2.75, 3.05) is 17.7 Å². The second kappa shape index (κ2) is 8.52. The molecule has 0 atom stereocenters. The number of ether oxygens (including phenoxy) is 1. The summed E-state index contributed by atoms with van der Waals surface area (Å²) in [5.74, 6) is -0.383. The van der Waals surface area contributed by atoms with Gasteiger partial charge in [0.15, 0.2) is 0 Å². The van der Waals surface area contributed by atoms with Crippen molar-refractivity contribution in [3.05, 3.63) is 77.9 Å². The van der Waals surface area contributed by atoms with Gasteiger partial charge in [-0.05, 0) is 36.4 Å². The van der Waals surface area contributed by atoms with Crippen LogP contribution in [0.25, 0.3) is 0 Å². The largest absolute Gasteiger partial charge is 0.465 e. The Bertz CT molecular complexity index is 912. The fourth-order valence-corrected chi connectivity index (χ4v) is 2.22. The van der Waals surface area contributed by atoms with Gasteiger partial charge in [-0.1, -0.05) is 6.07 Å². The van der Waals surface area contributed by atoms with Gasteiger partial charge in [0.05, 0.1) is 30.5 Å². The van der Waals surface area contributed by atoms with Gasteiger partial charge in [0.1, 0.15) is 0 Å². The summed E-state index contributed by atoms with van der Waals surface area (Å²) in [5.41, 5.74) is 2.13. The highest BCUT2D eigenvalue weighted by Gasteiger charge is 2.09. The third kappa shape index (κ3) is 4.85. The highest BCUT2D eigenvalue weighted by molar-refractivity contribution is 6.04. The highest BCUT2D eigenvalue weighted by Crippen LogP contribution is 2.12. The average molecular weight is 363 g/mol. The second-order valence-corrected chi connectivity index (χ2v) is 5.49. The molecule has 27 heavy (non-hydrogen) atoms. The fraction of sp³-hybridized carbons (Fsp3) is 0.105. The molecule has 2 aromatic heterocycles. The molecule has 1 aromatic carbocycles. The van der Waals surface area contributed by atoms with Crippen LogP contribution in [0.1, 0.15) is 26.4 Å². The number of carbonyl (C=O) groups excluding carboxylic acids is 2. The monoisotopic (exact) mass is 363 g/mol. The molecular weight excluding hydrogens is 346 g/mol. The zero-order chi connectivity index (χ0) is 19.1. The molecule has 1 amide bonds. The maximum atomic E-state index is 12.3. The van der Waals surface area contributed by atoms with E-state index in [1.54, 1.807) is 30.5 Å². The van der Waals surface area contributed by atoms with Crippen molar-refractivity contribution in [2.24, 2.45) is 0 Å². The predicted octanol–water partition coefficient (Wildman–Crippen LogP) is 2.52. The molecule has 2 N–H and O–H groups in total.